The SMILES string of the molecule is Cc1ccc(OCCN(C)C(=O)Nc2cccc(Cn3ccnc3C(C)C)c2)cc1. The van der Waals surface area contributed by atoms with Crippen LogP contribution in [-0.2, 0) is 6.54 Å². The minimum atomic E-state index is -0.162. The largest absolute Gasteiger partial charge is 0.492 e. The molecule has 3 rings (SSSR count). The van der Waals surface area contributed by atoms with Crippen LogP contribution >= 0.6 is 0 Å². The van der Waals surface area contributed by atoms with E-state index < -0.39 is 0 Å². The van der Waals surface area contributed by atoms with Gasteiger partial charge in [-0.05, 0) is 36.8 Å². The number of rotatable bonds is 8. The fourth-order valence-corrected chi connectivity index (χ4v) is 3.15. The first-order valence-corrected chi connectivity index (χ1v) is 10.2. The van der Waals surface area contributed by atoms with Crippen LogP contribution in [0.15, 0.2) is 60.9 Å². The number of urea groups is 1. The highest BCUT2D eigenvalue weighted by Gasteiger charge is 2.11. The van der Waals surface area contributed by atoms with E-state index in [2.05, 4.69) is 34.8 Å². The van der Waals surface area contributed by atoms with E-state index in [-0.39, 0.29) is 6.03 Å². The molecule has 0 radical (unpaired) electrons. The van der Waals surface area contributed by atoms with Crippen molar-refractivity contribution in [3.05, 3.63) is 77.9 Å². The van der Waals surface area contributed by atoms with Crippen molar-refractivity contribution in [2.24, 2.45) is 0 Å². The molecule has 30 heavy (non-hydrogen) atoms. The second-order valence-corrected chi connectivity index (χ2v) is 7.78. The topological polar surface area (TPSA) is 59.4 Å². The molecule has 0 bridgehead atoms. The Morgan fingerprint density at radius 2 is 1.97 bits per heavy atom. The molecule has 3 aromatic rings. The van der Waals surface area contributed by atoms with Crippen molar-refractivity contribution < 1.29 is 9.53 Å². The first-order chi connectivity index (χ1) is 14.4. The van der Waals surface area contributed by atoms with E-state index in [4.69, 9.17) is 4.74 Å². The van der Waals surface area contributed by atoms with E-state index in [9.17, 15) is 4.79 Å². The Hall–Kier alpha value is -3.28. The summed E-state index contributed by atoms with van der Waals surface area (Å²) in [6.07, 6.45) is 3.82. The van der Waals surface area contributed by atoms with Crippen molar-refractivity contribution in [2.45, 2.75) is 33.2 Å². The molecule has 2 aromatic carbocycles. The lowest BCUT2D eigenvalue weighted by atomic mass is 10.1. The lowest BCUT2D eigenvalue weighted by Crippen LogP contribution is -2.34. The number of hydrogen-bond acceptors (Lipinski definition) is 3. The van der Waals surface area contributed by atoms with E-state index in [0.717, 1.165) is 29.4 Å². The van der Waals surface area contributed by atoms with Crippen LogP contribution in [0.5, 0.6) is 5.75 Å². The van der Waals surface area contributed by atoms with Crippen molar-refractivity contribution in [2.75, 3.05) is 25.5 Å². The minimum absolute atomic E-state index is 0.162. The van der Waals surface area contributed by atoms with Crippen molar-refractivity contribution >= 4 is 11.7 Å². The number of carbonyl (C=O) groups is 1. The van der Waals surface area contributed by atoms with E-state index in [1.807, 2.05) is 61.8 Å². The molecule has 0 saturated heterocycles. The maximum atomic E-state index is 12.5. The molecule has 0 aliphatic heterocycles. The second kappa shape index (κ2) is 9.96. The van der Waals surface area contributed by atoms with E-state index in [1.54, 1.807) is 11.9 Å². The fraction of sp³-hybridized carbons (Fsp3) is 0.333. The fourth-order valence-electron chi connectivity index (χ4n) is 3.15. The number of anilines is 1. The zero-order valence-corrected chi connectivity index (χ0v) is 18.1. The second-order valence-electron chi connectivity index (χ2n) is 7.78. The number of amides is 2. The minimum Gasteiger partial charge on any atom is -0.492 e. The molecule has 0 saturated carbocycles. The normalized spacial score (nSPS) is 10.8. The number of imidazole rings is 1. The van der Waals surface area contributed by atoms with Gasteiger partial charge in [-0.1, -0.05) is 43.7 Å². The van der Waals surface area contributed by atoms with Crippen molar-refractivity contribution in [3.63, 3.8) is 0 Å². The molecule has 1 aromatic heterocycles. The van der Waals surface area contributed by atoms with E-state index in [0.29, 0.717) is 19.1 Å². The van der Waals surface area contributed by atoms with Crippen molar-refractivity contribution in [3.8, 4) is 5.75 Å². The number of aromatic nitrogens is 2. The summed E-state index contributed by atoms with van der Waals surface area (Å²) < 4.78 is 7.85. The number of ether oxygens (including phenoxy) is 1. The first kappa shape index (κ1) is 21.4. The van der Waals surface area contributed by atoms with Gasteiger partial charge in [0.05, 0.1) is 6.54 Å². The van der Waals surface area contributed by atoms with Crippen LogP contribution < -0.4 is 10.1 Å². The number of carbonyl (C=O) groups excluding carboxylic acids is 1. The quantitative estimate of drug-likeness (QED) is 0.578. The molecule has 0 unspecified atom stereocenters. The number of nitrogens with zero attached hydrogens (tertiary/aromatic N) is 3. The van der Waals surface area contributed by atoms with Gasteiger partial charge in [-0.15, -0.1) is 0 Å². The van der Waals surface area contributed by atoms with Crippen LogP contribution in [0.4, 0.5) is 10.5 Å². The highest BCUT2D eigenvalue weighted by atomic mass is 16.5. The van der Waals surface area contributed by atoms with Gasteiger partial charge < -0.3 is 19.5 Å². The predicted octanol–water partition coefficient (Wildman–Crippen LogP) is 4.91. The molecule has 6 heteroatoms. The third-order valence-corrected chi connectivity index (χ3v) is 4.86. The summed E-state index contributed by atoms with van der Waals surface area (Å²) in [5.74, 6) is 2.22. The van der Waals surface area contributed by atoms with Crippen LogP contribution in [0.25, 0.3) is 0 Å². The molecule has 0 fully saturated rings. The summed E-state index contributed by atoms with van der Waals surface area (Å²) in [6, 6.07) is 15.6. The molecule has 158 valence electrons. The average molecular weight is 407 g/mol. The lowest BCUT2D eigenvalue weighted by Gasteiger charge is -2.19. The molecule has 0 aliphatic carbocycles. The third-order valence-electron chi connectivity index (χ3n) is 4.86. The molecule has 2 amide bonds. The Bertz CT molecular complexity index is 963. The predicted molar refractivity (Wildman–Crippen MR) is 120 cm³/mol. The summed E-state index contributed by atoms with van der Waals surface area (Å²) in [7, 11) is 1.76. The number of nitrogens with one attached hydrogen (secondary N) is 1. The zero-order chi connectivity index (χ0) is 21.5. The highest BCUT2D eigenvalue weighted by molar-refractivity contribution is 5.89. The van der Waals surface area contributed by atoms with Crippen LogP contribution in [-0.4, -0.2) is 40.7 Å². The average Bonchev–Trinajstić information content (AvgIpc) is 3.18. The Labute approximate surface area is 178 Å². The van der Waals surface area contributed by atoms with Gasteiger partial charge in [0.1, 0.15) is 18.2 Å². The van der Waals surface area contributed by atoms with Crippen LogP contribution in [0.2, 0.25) is 0 Å². The Morgan fingerprint density at radius 3 is 2.70 bits per heavy atom. The third kappa shape index (κ3) is 5.86. The first-order valence-electron chi connectivity index (χ1n) is 10.2. The summed E-state index contributed by atoms with van der Waals surface area (Å²) in [4.78, 5) is 18.6. The van der Waals surface area contributed by atoms with Gasteiger partial charge in [0.25, 0.3) is 0 Å². The van der Waals surface area contributed by atoms with Crippen LogP contribution in [0, 0.1) is 6.92 Å². The van der Waals surface area contributed by atoms with Gasteiger partial charge >= 0.3 is 6.03 Å². The number of benzene rings is 2. The highest BCUT2D eigenvalue weighted by Crippen LogP contribution is 2.17. The van der Waals surface area contributed by atoms with Gasteiger partial charge in [-0.25, -0.2) is 9.78 Å². The number of likely N-dealkylation sites (N-methyl/N-ethyl adjacent to an activating group) is 1. The maximum absolute atomic E-state index is 12.5. The lowest BCUT2D eigenvalue weighted by molar-refractivity contribution is 0.207. The molecule has 1 N–H and O–H groups in total. The zero-order valence-electron chi connectivity index (χ0n) is 18.1. The molecular weight excluding hydrogens is 376 g/mol. The van der Waals surface area contributed by atoms with Gasteiger partial charge in [-0.2, -0.15) is 0 Å². The van der Waals surface area contributed by atoms with Gasteiger partial charge in [0.15, 0.2) is 0 Å². The van der Waals surface area contributed by atoms with E-state index in [1.165, 1.54) is 5.56 Å². The smallest absolute Gasteiger partial charge is 0.321 e. The molecule has 6 nitrogen and oxygen atoms in total. The molecule has 0 atom stereocenters. The Kier molecular flexibility index (Phi) is 7.12. The van der Waals surface area contributed by atoms with Crippen molar-refractivity contribution in [1.29, 1.82) is 0 Å². The van der Waals surface area contributed by atoms with Gasteiger partial charge in [-0.3, -0.25) is 0 Å². The maximum Gasteiger partial charge on any atom is 0.321 e. The summed E-state index contributed by atoms with van der Waals surface area (Å²) in [6.45, 7) is 7.95. The summed E-state index contributed by atoms with van der Waals surface area (Å²) >= 11 is 0. The summed E-state index contributed by atoms with van der Waals surface area (Å²) in [5.41, 5.74) is 3.07. The Morgan fingerprint density at radius 1 is 1.20 bits per heavy atom. The van der Waals surface area contributed by atoms with Crippen LogP contribution in [0.3, 0.4) is 0 Å². The van der Waals surface area contributed by atoms with Gasteiger partial charge in [0, 0.05) is 37.6 Å². The standard InChI is InChI=1S/C24H30N4O2/c1-18(2)23-25-12-13-28(23)17-20-6-5-7-21(16-20)26-24(29)27(4)14-15-30-22-10-8-19(3)9-11-22/h5-13,16,18H,14-15,17H2,1-4H3,(H,26,29). The number of hydrogen-bond donors (Lipinski definition) is 1. The number of aryl methyl sites for hydroxylation is 1. The summed E-state index contributed by atoms with van der Waals surface area (Å²) in [5, 5.41) is 2.96. The molecular formula is C24H30N4O2. The monoisotopic (exact) mass is 406 g/mol. The molecule has 1 heterocycles. The molecule has 0 spiro atoms. The molecule has 0 aliphatic rings. The van der Waals surface area contributed by atoms with Crippen LogP contribution in [0.1, 0.15) is 36.7 Å². The van der Waals surface area contributed by atoms with Gasteiger partial charge in [0.2, 0.25) is 0 Å². The van der Waals surface area contributed by atoms with Crippen molar-refractivity contribution in [1.82, 2.24) is 14.5 Å². The van der Waals surface area contributed by atoms with E-state index >= 15 is 0 Å². The Balaban J connectivity index is 1.52.